The smallest absolute Gasteiger partial charge is 0.237 e. The second-order valence-corrected chi connectivity index (χ2v) is 7.68. The lowest BCUT2D eigenvalue weighted by molar-refractivity contribution is -0.127. The average Bonchev–Trinajstić information content (AvgIpc) is 2.64. The summed E-state index contributed by atoms with van der Waals surface area (Å²) in [5.74, 6) is 1.28. The molecule has 1 atom stereocenters. The van der Waals surface area contributed by atoms with E-state index in [1.807, 2.05) is 19.1 Å². The van der Waals surface area contributed by atoms with E-state index in [1.54, 1.807) is 12.1 Å². The predicted octanol–water partition coefficient (Wildman–Crippen LogP) is 2.60. The third kappa shape index (κ3) is 4.66. The Morgan fingerprint density at radius 3 is 2.28 bits per heavy atom. The number of nitrogens with zero attached hydrogens (tertiary/aromatic N) is 2. The van der Waals surface area contributed by atoms with Crippen molar-refractivity contribution in [3.8, 4) is 5.75 Å². The van der Waals surface area contributed by atoms with Gasteiger partial charge in [-0.3, -0.25) is 9.69 Å². The summed E-state index contributed by atoms with van der Waals surface area (Å²) in [6, 6.07) is 7.65. The predicted molar refractivity (Wildman–Crippen MR) is 101 cm³/mol. The van der Waals surface area contributed by atoms with Crippen LogP contribution in [0, 0.1) is 5.92 Å². The van der Waals surface area contributed by atoms with Crippen LogP contribution < -0.4 is 10.2 Å². The Balaban J connectivity index is 1.46. The number of phenolic OH excluding ortho intramolecular Hbond substituents is 1. The third-order valence-electron chi connectivity index (χ3n) is 5.82. The molecular weight excluding hydrogens is 314 g/mol. The molecule has 1 unspecified atom stereocenters. The van der Waals surface area contributed by atoms with E-state index in [4.69, 9.17) is 0 Å². The quantitative estimate of drug-likeness (QED) is 0.881. The van der Waals surface area contributed by atoms with Crippen LogP contribution >= 0.6 is 0 Å². The van der Waals surface area contributed by atoms with Crippen molar-refractivity contribution < 1.29 is 9.90 Å². The van der Waals surface area contributed by atoms with Gasteiger partial charge in [-0.05, 0) is 62.8 Å². The monoisotopic (exact) mass is 345 g/mol. The summed E-state index contributed by atoms with van der Waals surface area (Å²) in [5.41, 5.74) is 1.13. The molecule has 1 amide bonds. The zero-order valence-electron chi connectivity index (χ0n) is 15.4. The number of hydrogen-bond donors (Lipinski definition) is 2. The van der Waals surface area contributed by atoms with Gasteiger partial charge in [-0.1, -0.05) is 6.92 Å². The summed E-state index contributed by atoms with van der Waals surface area (Å²) < 4.78 is 0. The Morgan fingerprint density at radius 1 is 1.08 bits per heavy atom. The molecule has 3 rings (SSSR count). The van der Waals surface area contributed by atoms with Crippen LogP contribution in [-0.2, 0) is 4.79 Å². The molecule has 0 spiro atoms. The topological polar surface area (TPSA) is 55.8 Å². The maximum atomic E-state index is 12.6. The molecule has 1 aliphatic carbocycles. The van der Waals surface area contributed by atoms with Gasteiger partial charge < -0.3 is 15.3 Å². The van der Waals surface area contributed by atoms with E-state index in [0.717, 1.165) is 50.6 Å². The lowest BCUT2D eigenvalue weighted by Gasteiger charge is -2.39. The summed E-state index contributed by atoms with van der Waals surface area (Å²) in [7, 11) is 0. The number of carbonyl (C=O) groups is 1. The van der Waals surface area contributed by atoms with Crippen LogP contribution in [0.2, 0.25) is 0 Å². The van der Waals surface area contributed by atoms with E-state index >= 15 is 0 Å². The fourth-order valence-corrected chi connectivity index (χ4v) is 3.92. The van der Waals surface area contributed by atoms with Crippen LogP contribution in [0.3, 0.4) is 0 Å². The van der Waals surface area contributed by atoms with Crippen molar-refractivity contribution in [2.24, 2.45) is 5.92 Å². The molecule has 0 radical (unpaired) electrons. The molecule has 2 fully saturated rings. The van der Waals surface area contributed by atoms with Gasteiger partial charge in [0.05, 0.1) is 6.04 Å². The van der Waals surface area contributed by atoms with Gasteiger partial charge in [0, 0.05) is 37.9 Å². The Labute approximate surface area is 151 Å². The van der Waals surface area contributed by atoms with Crippen LogP contribution in [0.4, 0.5) is 5.69 Å². The lowest BCUT2D eigenvalue weighted by atomic mass is 9.87. The summed E-state index contributed by atoms with van der Waals surface area (Å²) >= 11 is 0. The number of hydrogen-bond acceptors (Lipinski definition) is 4. The third-order valence-corrected chi connectivity index (χ3v) is 5.82. The van der Waals surface area contributed by atoms with Gasteiger partial charge in [0.25, 0.3) is 0 Å². The highest BCUT2D eigenvalue weighted by atomic mass is 16.3. The highest BCUT2D eigenvalue weighted by Gasteiger charge is 2.28. The van der Waals surface area contributed by atoms with Crippen molar-refractivity contribution in [2.75, 3.05) is 31.1 Å². The lowest BCUT2D eigenvalue weighted by Crippen LogP contribution is -2.55. The van der Waals surface area contributed by atoms with Crippen molar-refractivity contribution in [3.63, 3.8) is 0 Å². The number of amides is 1. The molecule has 25 heavy (non-hydrogen) atoms. The van der Waals surface area contributed by atoms with Crippen molar-refractivity contribution in [1.29, 1.82) is 0 Å². The van der Waals surface area contributed by atoms with Gasteiger partial charge in [0.2, 0.25) is 5.91 Å². The van der Waals surface area contributed by atoms with Crippen LogP contribution in [0.25, 0.3) is 0 Å². The van der Waals surface area contributed by atoms with Crippen molar-refractivity contribution >= 4 is 11.6 Å². The maximum absolute atomic E-state index is 12.6. The molecule has 0 bridgehead atoms. The molecule has 1 saturated heterocycles. The zero-order valence-corrected chi connectivity index (χ0v) is 15.4. The summed E-state index contributed by atoms with van der Waals surface area (Å²) in [6.45, 7) is 7.91. The second-order valence-electron chi connectivity index (χ2n) is 7.68. The average molecular weight is 345 g/mol. The highest BCUT2D eigenvalue weighted by Crippen LogP contribution is 2.24. The Bertz CT molecular complexity index is 559. The Kier molecular flexibility index (Phi) is 5.84. The minimum Gasteiger partial charge on any atom is -0.508 e. The number of carbonyl (C=O) groups excluding carboxylic acids is 1. The van der Waals surface area contributed by atoms with E-state index in [2.05, 4.69) is 22.0 Å². The molecule has 1 aliphatic heterocycles. The number of phenols is 1. The SMILES string of the molecule is CC1CCC(NC(=O)C(C)N2CCN(c3ccc(O)cc3)CC2)CC1. The Hall–Kier alpha value is -1.75. The first-order valence-corrected chi connectivity index (χ1v) is 9.61. The number of piperazine rings is 1. The van der Waals surface area contributed by atoms with E-state index in [1.165, 1.54) is 12.8 Å². The standard InChI is InChI=1S/C20H31N3O2/c1-15-3-5-17(6-4-15)21-20(25)16(2)22-11-13-23(14-12-22)18-7-9-19(24)10-8-18/h7-10,15-17,24H,3-6,11-14H2,1-2H3,(H,21,25). The van der Waals surface area contributed by atoms with Gasteiger partial charge in [-0.2, -0.15) is 0 Å². The molecule has 1 saturated carbocycles. The molecule has 1 aromatic rings. The molecule has 0 aromatic heterocycles. The fourth-order valence-electron chi connectivity index (χ4n) is 3.92. The van der Waals surface area contributed by atoms with E-state index in [0.29, 0.717) is 11.8 Å². The number of nitrogens with one attached hydrogen (secondary N) is 1. The molecule has 138 valence electrons. The molecule has 5 heteroatoms. The number of aromatic hydroxyl groups is 1. The second kappa shape index (κ2) is 8.09. The van der Waals surface area contributed by atoms with E-state index in [-0.39, 0.29) is 11.9 Å². The fraction of sp³-hybridized carbons (Fsp3) is 0.650. The van der Waals surface area contributed by atoms with Crippen LogP contribution in [0.1, 0.15) is 39.5 Å². The van der Waals surface area contributed by atoms with Gasteiger partial charge in [0.15, 0.2) is 0 Å². The van der Waals surface area contributed by atoms with Gasteiger partial charge in [-0.15, -0.1) is 0 Å². The minimum absolute atomic E-state index is 0.0682. The van der Waals surface area contributed by atoms with Gasteiger partial charge >= 0.3 is 0 Å². The molecule has 2 N–H and O–H groups in total. The van der Waals surface area contributed by atoms with Gasteiger partial charge in [-0.25, -0.2) is 0 Å². The van der Waals surface area contributed by atoms with Crippen molar-refractivity contribution in [1.82, 2.24) is 10.2 Å². The normalized spacial score (nSPS) is 26.2. The summed E-state index contributed by atoms with van der Waals surface area (Å²) in [5, 5.41) is 12.7. The van der Waals surface area contributed by atoms with Crippen molar-refractivity contribution in [2.45, 2.75) is 51.6 Å². The molecule has 5 nitrogen and oxygen atoms in total. The molecule has 1 heterocycles. The van der Waals surface area contributed by atoms with E-state index in [9.17, 15) is 9.90 Å². The van der Waals surface area contributed by atoms with Crippen LogP contribution in [0.5, 0.6) is 5.75 Å². The summed E-state index contributed by atoms with van der Waals surface area (Å²) in [4.78, 5) is 17.2. The summed E-state index contributed by atoms with van der Waals surface area (Å²) in [6.07, 6.45) is 4.69. The largest absolute Gasteiger partial charge is 0.508 e. The first kappa shape index (κ1) is 18.1. The first-order chi connectivity index (χ1) is 12.0. The van der Waals surface area contributed by atoms with E-state index < -0.39 is 0 Å². The first-order valence-electron chi connectivity index (χ1n) is 9.61. The number of benzene rings is 1. The van der Waals surface area contributed by atoms with Crippen LogP contribution in [0.15, 0.2) is 24.3 Å². The maximum Gasteiger partial charge on any atom is 0.237 e. The Morgan fingerprint density at radius 2 is 1.68 bits per heavy atom. The van der Waals surface area contributed by atoms with Crippen LogP contribution in [-0.4, -0.2) is 54.2 Å². The molecular formula is C20H31N3O2. The highest BCUT2D eigenvalue weighted by molar-refractivity contribution is 5.81. The number of rotatable bonds is 4. The van der Waals surface area contributed by atoms with Gasteiger partial charge in [0.1, 0.15) is 5.75 Å². The molecule has 1 aromatic carbocycles. The minimum atomic E-state index is -0.0682. The van der Waals surface area contributed by atoms with Crippen molar-refractivity contribution in [3.05, 3.63) is 24.3 Å². The molecule has 2 aliphatic rings. The number of anilines is 1. The zero-order chi connectivity index (χ0) is 17.8.